The molecular weight excluding hydrogens is 280 g/mol. The van der Waals surface area contributed by atoms with Crippen LogP contribution in [-0.2, 0) is 4.79 Å². The van der Waals surface area contributed by atoms with Crippen LogP contribution in [0.2, 0.25) is 0 Å². The van der Waals surface area contributed by atoms with Gasteiger partial charge in [0.25, 0.3) is 0 Å². The fourth-order valence-corrected chi connectivity index (χ4v) is 3.20. The zero-order valence-corrected chi connectivity index (χ0v) is 13.8. The van der Waals surface area contributed by atoms with Crippen molar-refractivity contribution in [2.24, 2.45) is 10.4 Å². The van der Waals surface area contributed by atoms with Crippen molar-refractivity contribution < 1.29 is 9.90 Å². The van der Waals surface area contributed by atoms with E-state index in [1.807, 2.05) is 6.92 Å². The number of amides is 1. The summed E-state index contributed by atoms with van der Waals surface area (Å²) < 4.78 is 0. The number of aliphatic hydroxyl groups excluding tert-OH is 1. The molecule has 4 N–H and O–H groups in total. The van der Waals surface area contributed by atoms with Gasteiger partial charge in [0.05, 0.1) is 12.6 Å². The molecule has 1 aliphatic heterocycles. The van der Waals surface area contributed by atoms with Gasteiger partial charge >= 0.3 is 0 Å². The fraction of sp³-hybridized carbons (Fsp3) is 0.875. The van der Waals surface area contributed by atoms with E-state index in [4.69, 9.17) is 4.99 Å². The highest BCUT2D eigenvalue weighted by molar-refractivity contribution is 5.81. The lowest BCUT2D eigenvalue weighted by molar-refractivity contribution is -0.122. The Morgan fingerprint density at radius 1 is 1.45 bits per heavy atom. The minimum Gasteiger partial charge on any atom is -0.392 e. The summed E-state index contributed by atoms with van der Waals surface area (Å²) in [4.78, 5) is 15.9. The molecule has 0 spiro atoms. The van der Waals surface area contributed by atoms with Crippen molar-refractivity contribution in [3.8, 4) is 0 Å². The summed E-state index contributed by atoms with van der Waals surface area (Å²) in [5, 5.41) is 19.8. The number of hydrogen-bond acceptors (Lipinski definition) is 3. The monoisotopic (exact) mass is 310 g/mol. The Kier molecular flexibility index (Phi) is 6.06. The van der Waals surface area contributed by atoms with Gasteiger partial charge in [0.15, 0.2) is 5.96 Å². The summed E-state index contributed by atoms with van der Waals surface area (Å²) in [5.74, 6) is 0.903. The highest BCUT2D eigenvalue weighted by Crippen LogP contribution is 2.36. The Labute approximate surface area is 133 Å². The Balaban J connectivity index is 1.93. The van der Waals surface area contributed by atoms with E-state index < -0.39 is 0 Å². The van der Waals surface area contributed by atoms with E-state index in [1.165, 1.54) is 6.42 Å². The summed E-state index contributed by atoms with van der Waals surface area (Å²) in [6.45, 7) is 6.23. The van der Waals surface area contributed by atoms with Crippen molar-refractivity contribution in [1.29, 1.82) is 0 Å². The molecule has 22 heavy (non-hydrogen) atoms. The smallest absolute Gasteiger partial charge is 0.220 e. The molecule has 0 bridgehead atoms. The number of guanidine groups is 1. The van der Waals surface area contributed by atoms with Crippen LogP contribution >= 0.6 is 0 Å². The predicted molar refractivity (Wildman–Crippen MR) is 87.7 cm³/mol. The minimum absolute atomic E-state index is 0.123. The van der Waals surface area contributed by atoms with Crippen molar-refractivity contribution in [3.63, 3.8) is 0 Å². The predicted octanol–water partition coefficient (Wildman–Crippen LogP) is 0.761. The largest absolute Gasteiger partial charge is 0.392 e. The SMILES string of the molecule is CCNC(=NCC1(C)CCCCC1O)NC1CCC(=O)NC1. The van der Waals surface area contributed by atoms with Crippen LogP contribution in [-0.4, -0.2) is 48.8 Å². The lowest BCUT2D eigenvalue weighted by Crippen LogP contribution is -2.51. The summed E-state index contributed by atoms with van der Waals surface area (Å²) in [7, 11) is 0. The number of rotatable bonds is 4. The van der Waals surface area contributed by atoms with Gasteiger partial charge in [-0.25, -0.2) is 0 Å². The number of piperidine rings is 1. The molecule has 2 aliphatic rings. The Hall–Kier alpha value is -1.30. The van der Waals surface area contributed by atoms with Gasteiger partial charge in [0.2, 0.25) is 5.91 Å². The second-order valence-electron chi connectivity index (χ2n) is 6.79. The molecule has 126 valence electrons. The molecule has 2 rings (SSSR count). The van der Waals surface area contributed by atoms with Crippen LogP contribution in [0.1, 0.15) is 52.4 Å². The first kappa shape index (κ1) is 17.1. The molecule has 6 heteroatoms. The van der Waals surface area contributed by atoms with Gasteiger partial charge in [-0.05, 0) is 26.2 Å². The van der Waals surface area contributed by atoms with E-state index in [2.05, 4.69) is 22.9 Å². The van der Waals surface area contributed by atoms with Gasteiger partial charge in [0, 0.05) is 31.0 Å². The average molecular weight is 310 g/mol. The van der Waals surface area contributed by atoms with Crippen molar-refractivity contribution >= 4 is 11.9 Å². The number of aliphatic hydroxyl groups is 1. The number of nitrogens with zero attached hydrogens (tertiary/aromatic N) is 1. The van der Waals surface area contributed by atoms with Crippen molar-refractivity contribution in [3.05, 3.63) is 0 Å². The van der Waals surface area contributed by atoms with Crippen LogP contribution in [0.4, 0.5) is 0 Å². The third-order valence-corrected chi connectivity index (χ3v) is 4.83. The summed E-state index contributed by atoms with van der Waals surface area (Å²) in [6.07, 6.45) is 5.31. The highest BCUT2D eigenvalue weighted by Gasteiger charge is 2.35. The maximum atomic E-state index is 11.2. The van der Waals surface area contributed by atoms with E-state index in [-0.39, 0.29) is 23.5 Å². The fourth-order valence-electron chi connectivity index (χ4n) is 3.20. The van der Waals surface area contributed by atoms with Crippen LogP contribution in [0.15, 0.2) is 4.99 Å². The summed E-state index contributed by atoms with van der Waals surface area (Å²) in [5.41, 5.74) is -0.124. The van der Waals surface area contributed by atoms with Crippen LogP contribution < -0.4 is 16.0 Å². The van der Waals surface area contributed by atoms with Gasteiger partial charge in [-0.15, -0.1) is 0 Å². The van der Waals surface area contributed by atoms with E-state index in [0.717, 1.165) is 38.2 Å². The molecule has 1 aliphatic carbocycles. The molecule has 3 atom stereocenters. The molecule has 2 fully saturated rings. The lowest BCUT2D eigenvalue weighted by Gasteiger charge is -2.37. The normalized spacial score (nSPS) is 33.2. The van der Waals surface area contributed by atoms with Gasteiger partial charge < -0.3 is 21.1 Å². The van der Waals surface area contributed by atoms with Gasteiger partial charge in [-0.1, -0.05) is 19.8 Å². The Bertz CT molecular complexity index is 403. The van der Waals surface area contributed by atoms with Gasteiger partial charge in [-0.3, -0.25) is 9.79 Å². The molecule has 1 amide bonds. The number of hydrogen-bond donors (Lipinski definition) is 4. The molecule has 0 aromatic heterocycles. The topological polar surface area (TPSA) is 85.8 Å². The number of carbonyl (C=O) groups is 1. The standard InChI is InChI=1S/C16H30N4O2/c1-3-17-15(20-12-7-8-14(22)18-10-12)19-11-16(2)9-5-4-6-13(16)21/h12-13,21H,3-11H2,1-2H3,(H,18,22)(H2,17,19,20). The van der Waals surface area contributed by atoms with E-state index in [0.29, 0.717) is 19.5 Å². The molecule has 1 heterocycles. The number of aliphatic imine (C=N–C) groups is 1. The molecule has 0 aromatic rings. The average Bonchev–Trinajstić information content (AvgIpc) is 2.51. The lowest BCUT2D eigenvalue weighted by atomic mass is 9.73. The number of carbonyl (C=O) groups excluding carboxylic acids is 1. The van der Waals surface area contributed by atoms with Gasteiger partial charge in [-0.2, -0.15) is 0 Å². The molecular formula is C16H30N4O2. The number of nitrogens with one attached hydrogen (secondary N) is 3. The summed E-state index contributed by atoms with van der Waals surface area (Å²) >= 11 is 0. The molecule has 6 nitrogen and oxygen atoms in total. The van der Waals surface area contributed by atoms with Crippen molar-refractivity contribution in [2.75, 3.05) is 19.6 Å². The van der Waals surface area contributed by atoms with E-state index in [9.17, 15) is 9.90 Å². The first-order valence-corrected chi connectivity index (χ1v) is 8.53. The molecule has 3 unspecified atom stereocenters. The van der Waals surface area contributed by atoms with Crippen molar-refractivity contribution in [1.82, 2.24) is 16.0 Å². The van der Waals surface area contributed by atoms with Crippen LogP contribution in [0.5, 0.6) is 0 Å². The second-order valence-corrected chi connectivity index (χ2v) is 6.79. The van der Waals surface area contributed by atoms with Gasteiger partial charge in [0.1, 0.15) is 0 Å². The maximum absolute atomic E-state index is 11.2. The second kappa shape index (κ2) is 7.81. The first-order valence-electron chi connectivity index (χ1n) is 8.53. The summed E-state index contributed by atoms with van der Waals surface area (Å²) in [6, 6.07) is 0.222. The quantitative estimate of drug-likeness (QED) is 0.456. The maximum Gasteiger partial charge on any atom is 0.220 e. The highest BCUT2D eigenvalue weighted by atomic mass is 16.3. The molecule has 0 aromatic carbocycles. The van der Waals surface area contributed by atoms with Crippen LogP contribution in [0.25, 0.3) is 0 Å². The minimum atomic E-state index is -0.262. The third-order valence-electron chi connectivity index (χ3n) is 4.83. The third kappa shape index (κ3) is 4.60. The molecule has 1 saturated heterocycles. The zero-order chi connectivity index (χ0) is 16.0. The Morgan fingerprint density at radius 2 is 2.27 bits per heavy atom. The van der Waals surface area contributed by atoms with Crippen LogP contribution in [0, 0.1) is 5.41 Å². The zero-order valence-electron chi connectivity index (χ0n) is 13.8. The first-order chi connectivity index (χ1) is 10.5. The molecule has 0 radical (unpaired) electrons. The van der Waals surface area contributed by atoms with E-state index in [1.54, 1.807) is 0 Å². The molecule has 1 saturated carbocycles. The van der Waals surface area contributed by atoms with E-state index >= 15 is 0 Å². The van der Waals surface area contributed by atoms with Crippen molar-refractivity contribution in [2.45, 2.75) is 64.5 Å². The van der Waals surface area contributed by atoms with Crippen LogP contribution in [0.3, 0.4) is 0 Å². The Morgan fingerprint density at radius 3 is 2.91 bits per heavy atom.